The molecule has 0 fully saturated rings. The van der Waals surface area contributed by atoms with Gasteiger partial charge in [-0.15, -0.1) is 4.68 Å². The van der Waals surface area contributed by atoms with Gasteiger partial charge in [0, 0.05) is 11.6 Å². The first kappa shape index (κ1) is 23.4. The van der Waals surface area contributed by atoms with Crippen LogP contribution in [0.1, 0.15) is 23.6 Å². The van der Waals surface area contributed by atoms with E-state index in [2.05, 4.69) is 10.1 Å². The van der Waals surface area contributed by atoms with Gasteiger partial charge in [0.2, 0.25) is 5.75 Å². The highest BCUT2D eigenvalue weighted by atomic mass is 16.6. The third-order valence-corrected chi connectivity index (χ3v) is 5.16. The van der Waals surface area contributed by atoms with E-state index in [1.54, 1.807) is 31.2 Å². The highest BCUT2D eigenvalue weighted by molar-refractivity contribution is 5.83. The molecule has 4 rings (SSSR count). The summed E-state index contributed by atoms with van der Waals surface area (Å²) >= 11 is 0. The summed E-state index contributed by atoms with van der Waals surface area (Å²) in [5, 5.41) is 16.1. The van der Waals surface area contributed by atoms with E-state index in [9.17, 15) is 19.7 Å². The Labute approximate surface area is 199 Å². The SMILES string of the molecule is CCOc1cc(C=Nn2c(=O)[nH]c3ccccc3c2=O)cc([N+](=O)[O-])c1OCc1ccc(C)cc1. The Bertz CT molecular complexity index is 1540. The van der Waals surface area contributed by atoms with Gasteiger partial charge in [-0.3, -0.25) is 14.9 Å². The molecule has 0 unspecified atom stereocenters. The normalized spacial score (nSPS) is 11.1. The maximum atomic E-state index is 12.7. The second kappa shape index (κ2) is 10.0. The second-order valence-electron chi connectivity index (χ2n) is 7.67. The number of hydrogen-bond acceptors (Lipinski definition) is 7. The second-order valence-corrected chi connectivity index (χ2v) is 7.67. The van der Waals surface area contributed by atoms with Crippen LogP contribution >= 0.6 is 0 Å². The van der Waals surface area contributed by atoms with Gasteiger partial charge in [-0.05, 0) is 37.6 Å². The van der Waals surface area contributed by atoms with E-state index in [1.807, 2.05) is 31.2 Å². The molecule has 0 bridgehead atoms. The Morgan fingerprint density at radius 3 is 2.54 bits per heavy atom. The summed E-state index contributed by atoms with van der Waals surface area (Å²) in [6.07, 6.45) is 1.19. The zero-order valence-corrected chi connectivity index (χ0v) is 19.1. The molecule has 0 amide bonds. The minimum atomic E-state index is -0.734. The van der Waals surface area contributed by atoms with E-state index < -0.39 is 16.2 Å². The van der Waals surface area contributed by atoms with Crippen molar-refractivity contribution in [2.75, 3.05) is 6.61 Å². The lowest BCUT2D eigenvalue weighted by molar-refractivity contribution is -0.386. The van der Waals surface area contributed by atoms with Crippen molar-refractivity contribution in [1.82, 2.24) is 9.66 Å². The highest BCUT2D eigenvalue weighted by Gasteiger charge is 2.22. The van der Waals surface area contributed by atoms with Crippen LogP contribution in [0.15, 0.2) is 75.4 Å². The fraction of sp³-hybridized carbons (Fsp3) is 0.160. The number of nitrogens with zero attached hydrogens (tertiary/aromatic N) is 3. The van der Waals surface area contributed by atoms with Gasteiger partial charge in [0.1, 0.15) is 6.61 Å². The molecule has 1 N–H and O–H groups in total. The smallest absolute Gasteiger partial charge is 0.349 e. The molecule has 0 saturated carbocycles. The lowest BCUT2D eigenvalue weighted by atomic mass is 10.1. The van der Waals surface area contributed by atoms with Crippen LogP contribution in [-0.4, -0.2) is 27.4 Å². The Kier molecular flexibility index (Phi) is 6.72. The molecule has 1 aromatic heterocycles. The molecule has 0 saturated heterocycles. The molecule has 0 atom stereocenters. The van der Waals surface area contributed by atoms with Crippen LogP contribution in [0.5, 0.6) is 11.5 Å². The molecule has 0 radical (unpaired) electrons. The Balaban J connectivity index is 1.72. The topological polar surface area (TPSA) is 129 Å². The van der Waals surface area contributed by atoms with Gasteiger partial charge in [0.25, 0.3) is 5.56 Å². The standard InChI is InChI=1S/C25H22N4O6/c1-3-34-22-13-18(14-26-28-24(30)19-6-4-5-7-20(19)27-25(28)31)12-21(29(32)33)23(22)35-15-17-10-8-16(2)9-11-17/h4-14H,3,15H2,1-2H3,(H,27,31). The zero-order valence-electron chi connectivity index (χ0n) is 19.1. The van der Waals surface area contributed by atoms with Crippen molar-refractivity contribution in [1.29, 1.82) is 0 Å². The summed E-state index contributed by atoms with van der Waals surface area (Å²) < 4.78 is 12.1. The average molecular weight is 474 g/mol. The zero-order chi connectivity index (χ0) is 24.9. The number of nitro groups is 1. The van der Waals surface area contributed by atoms with Crippen LogP contribution in [0.25, 0.3) is 10.9 Å². The summed E-state index contributed by atoms with van der Waals surface area (Å²) in [4.78, 5) is 38.9. The number of nitrogens with one attached hydrogen (secondary N) is 1. The number of para-hydroxylation sites is 1. The van der Waals surface area contributed by atoms with Gasteiger partial charge in [0.15, 0.2) is 5.75 Å². The summed E-state index contributed by atoms with van der Waals surface area (Å²) in [5.41, 5.74) is 0.890. The van der Waals surface area contributed by atoms with Gasteiger partial charge in [-0.2, -0.15) is 5.10 Å². The van der Waals surface area contributed by atoms with Crippen molar-refractivity contribution in [2.45, 2.75) is 20.5 Å². The molecule has 35 heavy (non-hydrogen) atoms. The molecule has 10 nitrogen and oxygen atoms in total. The van der Waals surface area contributed by atoms with Gasteiger partial charge in [0.05, 0.1) is 28.6 Å². The number of fused-ring (bicyclic) bond motifs is 1. The Hall–Kier alpha value is -4.73. The van der Waals surface area contributed by atoms with Crippen molar-refractivity contribution < 1.29 is 14.4 Å². The van der Waals surface area contributed by atoms with Crippen LogP contribution in [0.3, 0.4) is 0 Å². The third kappa shape index (κ3) is 5.11. The molecular formula is C25H22N4O6. The molecule has 10 heteroatoms. The minimum absolute atomic E-state index is 0.0182. The van der Waals surface area contributed by atoms with E-state index in [-0.39, 0.29) is 41.3 Å². The molecule has 4 aromatic rings. The van der Waals surface area contributed by atoms with Crippen LogP contribution in [0, 0.1) is 17.0 Å². The van der Waals surface area contributed by atoms with Crippen LogP contribution in [0.2, 0.25) is 0 Å². The van der Waals surface area contributed by atoms with Gasteiger partial charge < -0.3 is 14.5 Å². The number of aromatic nitrogens is 2. The van der Waals surface area contributed by atoms with E-state index in [0.29, 0.717) is 10.2 Å². The van der Waals surface area contributed by atoms with Crippen molar-refractivity contribution in [3.8, 4) is 11.5 Å². The lowest BCUT2D eigenvalue weighted by Gasteiger charge is -2.13. The van der Waals surface area contributed by atoms with Gasteiger partial charge in [-0.25, -0.2) is 4.79 Å². The Morgan fingerprint density at radius 2 is 1.83 bits per heavy atom. The van der Waals surface area contributed by atoms with Gasteiger partial charge >= 0.3 is 11.4 Å². The number of nitro benzene ring substituents is 1. The first-order valence-electron chi connectivity index (χ1n) is 10.8. The average Bonchev–Trinajstić information content (AvgIpc) is 2.84. The monoisotopic (exact) mass is 474 g/mol. The highest BCUT2D eigenvalue weighted by Crippen LogP contribution is 2.38. The van der Waals surface area contributed by atoms with Crippen LogP contribution in [0.4, 0.5) is 5.69 Å². The quantitative estimate of drug-likeness (QED) is 0.235. The fourth-order valence-corrected chi connectivity index (χ4v) is 3.45. The molecule has 0 aliphatic carbocycles. The summed E-state index contributed by atoms with van der Waals surface area (Å²) in [7, 11) is 0. The van der Waals surface area contributed by atoms with Crippen molar-refractivity contribution in [3.05, 3.63) is 108 Å². The number of rotatable bonds is 8. The number of hydrogen-bond donors (Lipinski definition) is 1. The van der Waals surface area contributed by atoms with Crippen molar-refractivity contribution in [3.63, 3.8) is 0 Å². The van der Waals surface area contributed by atoms with Crippen molar-refractivity contribution in [2.24, 2.45) is 5.10 Å². The Morgan fingerprint density at radius 1 is 1.09 bits per heavy atom. The molecule has 1 heterocycles. The predicted molar refractivity (Wildman–Crippen MR) is 132 cm³/mol. The van der Waals surface area contributed by atoms with Gasteiger partial charge in [-0.1, -0.05) is 42.0 Å². The maximum Gasteiger partial charge on any atom is 0.349 e. The number of H-pyrrole nitrogens is 1. The molecule has 0 aliphatic rings. The lowest BCUT2D eigenvalue weighted by Crippen LogP contribution is -2.32. The van der Waals surface area contributed by atoms with E-state index in [1.165, 1.54) is 18.3 Å². The number of ether oxygens (including phenoxy) is 2. The third-order valence-electron chi connectivity index (χ3n) is 5.16. The number of benzene rings is 3. The van der Waals surface area contributed by atoms with Crippen LogP contribution < -0.4 is 20.7 Å². The first-order chi connectivity index (χ1) is 16.9. The number of aromatic amines is 1. The summed E-state index contributed by atoms with van der Waals surface area (Å²) in [6.45, 7) is 4.05. The van der Waals surface area contributed by atoms with Crippen molar-refractivity contribution >= 4 is 22.8 Å². The predicted octanol–water partition coefficient (Wildman–Crippen LogP) is 3.77. The maximum absolute atomic E-state index is 12.7. The molecule has 0 spiro atoms. The molecule has 0 aliphatic heterocycles. The fourth-order valence-electron chi connectivity index (χ4n) is 3.45. The number of aryl methyl sites for hydroxylation is 1. The minimum Gasteiger partial charge on any atom is -0.490 e. The first-order valence-corrected chi connectivity index (χ1v) is 10.8. The summed E-state index contributed by atoms with van der Waals surface area (Å²) in [6, 6.07) is 16.9. The molecule has 178 valence electrons. The molecule has 3 aromatic carbocycles. The van der Waals surface area contributed by atoms with E-state index in [4.69, 9.17) is 9.47 Å². The molecular weight excluding hydrogens is 452 g/mol. The van der Waals surface area contributed by atoms with Crippen LogP contribution in [-0.2, 0) is 6.61 Å². The summed E-state index contributed by atoms with van der Waals surface area (Å²) in [5.74, 6) is 0.130. The largest absolute Gasteiger partial charge is 0.490 e. The van der Waals surface area contributed by atoms with E-state index in [0.717, 1.165) is 11.1 Å². The van der Waals surface area contributed by atoms with E-state index >= 15 is 0 Å².